The summed E-state index contributed by atoms with van der Waals surface area (Å²) in [4.78, 5) is 12.6. The van der Waals surface area contributed by atoms with E-state index < -0.39 is 15.9 Å². The van der Waals surface area contributed by atoms with Gasteiger partial charge in [-0.3, -0.25) is 4.79 Å². The molecular weight excluding hydrogens is 367 g/mol. The number of carbonyl (C=O) groups excluding carboxylic acids is 1. The first kappa shape index (κ1) is 18.0. The minimum atomic E-state index is -3.69. The number of anilines is 1. The molecule has 2 N–H and O–H groups in total. The van der Waals surface area contributed by atoms with Crippen molar-refractivity contribution in [2.24, 2.45) is 0 Å². The number of hydrogen-bond donors (Lipinski definition) is 2. The van der Waals surface area contributed by atoms with Crippen LogP contribution in [0.4, 0.5) is 10.1 Å². The van der Waals surface area contributed by atoms with Crippen molar-refractivity contribution in [3.63, 3.8) is 0 Å². The van der Waals surface area contributed by atoms with E-state index in [0.29, 0.717) is 30.9 Å². The molecule has 6 nitrogen and oxygen atoms in total. The van der Waals surface area contributed by atoms with Crippen molar-refractivity contribution in [3.8, 4) is 0 Å². The molecule has 1 unspecified atom stereocenters. The molecule has 0 saturated carbocycles. The van der Waals surface area contributed by atoms with Gasteiger partial charge >= 0.3 is 0 Å². The molecule has 0 aliphatic carbocycles. The lowest BCUT2D eigenvalue weighted by molar-refractivity contribution is 0.103. The minimum Gasteiger partial charge on any atom is -0.380 e. The predicted molar refractivity (Wildman–Crippen MR) is 93.0 cm³/mol. The van der Waals surface area contributed by atoms with Crippen LogP contribution in [0, 0.1) is 12.7 Å². The van der Waals surface area contributed by atoms with Gasteiger partial charge in [-0.2, -0.15) is 0 Å². The van der Waals surface area contributed by atoms with E-state index in [0.717, 1.165) is 11.3 Å². The number of rotatable bonds is 5. The second-order valence-corrected chi connectivity index (χ2v) is 8.37. The van der Waals surface area contributed by atoms with Gasteiger partial charge in [0.1, 0.15) is 5.82 Å². The Labute approximate surface area is 149 Å². The van der Waals surface area contributed by atoms with E-state index in [1.807, 2.05) is 0 Å². The van der Waals surface area contributed by atoms with Crippen LogP contribution >= 0.6 is 11.3 Å². The summed E-state index contributed by atoms with van der Waals surface area (Å²) in [5.41, 5.74) is 0.859. The van der Waals surface area contributed by atoms with Gasteiger partial charge in [0.25, 0.3) is 5.91 Å². The molecule has 1 aromatic heterocycles. The lowest BCUT2D eigenvalue weighted by Crippen LogP contribution is -2.34. The number of nitrogens with one attached hydrogen (secondary N) is 2. The van der Waals surface area contributed by atoms with Crippen LogP contribution in [0.25, 0.3) is 0 Å². The number of carbonyl (C=O) groups is 1. The van der Waals surface area contributed by atoms with Gasteiger partial charge in [0.2, 0.25) is 10.0 Å². The van der Waals surface area contributed by atoms with Gasteiger partial charge in [0.15, 0.2) is 0 Å². The lowest BCUT2D eigenvalue weighted by Gasteiger charge is -2.09. The van der Waals surface area contributed by atoms with Crippen molar-refractivity contribution < 1.29 is 22.3 Å². The van der Waals surface area contributed by atoms with Crippen molar-refractivity contribution in [1.29, 1.82) is 0 Å². The van der Waals surface area contributed by atoms with Crippen molar-refractivity contribution >= 4 is 33.0 Å². The maximum Gasteiger partial charge on any atom is 0.265 e. The zero-order valence-corrected chi connectivity index (χ0v) is 15.0. The topological polar surface area (TPSA) is 84.5 Å². The molecule has 0 bridgehead atoms. The second-order valence-electron chi connectivity index (χ2n) is 5.75. The molecule has 0 spiro atoms. The highest BCUT2D eigenvalue weighted by Gasteiger charge is 2.25. The fourth-order valence-electron chi connectivity index (χ4n) is 2.41. The second kappa shape index (κ2) is 7.20. The first-order valence-electron chi connectivity index (χ1n) is 7.61. The summed E-state index contributed by atoms with van der Waals surface area (Å²) >= 11 is 1.03. The number of hydrogen-bond acceptors (Lipinski definition) is 5. The Morgan fingerprint density at radius 3 is 2.84 bits per heavy atom. The van der Waals surface area contributed by atoms with Crippen molar-refractivity contribution in [2.45, 2.75) is 24.3 Å². The van der Waals surface area contributed by atoms with Crippen LogP contribution in [0.5, 0.6) is 0 Å². The quantitative estimate of drug-likeness (QED) is 0.830. The molecule has 1 amide bonds. The average molecular weight is 384 g/mol. The fourth-order valence-corrected chi connectivity index (χ4v) is 4.83. The summed E-state index contributed by atoms with van der Waals surface area (Å²) < 4.78 is 45.6. The maximum atomic E-state index is 13.3. The molecule has 1 fully saturated rings. The van der Waals surface area contributed by atoms with Gasteiger partial charge in [-0.15, -0.1) is 11.3 Å². The highest BCUT2D eigenvalue weighted by Crippen LogP contribution is 2.22. The summed E-state index contributed by atoms with van der Waals surface area (Å²) in [7, 11) is -3.69. The van der Waals surface area contributed by atoms with Gasteiger partial charge in [0, 0.05) is 23.7 Å². The third-order valence-electron chi connectivity index (χ3n) is 3.78. The van der Waals surface area contributed by atoms with Crippen molar-refractivity contribution in [1.82, 2.24) is 4.72 Å². The smallest absolute Gasteiger partial charge is 0.265 e. The Hall–Kier alpha value is -1.81. The summed E-state index contributed by atoms with van der Waals surface area (Å²) in [5.74, 6) is -0.800. The van der Waals surface area contributed by atoms with Gasteiger partial charge in [-0.05, 0) is 43.2 Å². The molecule has 1 atom stereocenters. The standard InChI is InChI=1S/C16H17FN2O4S2/c1-10-6-11(2-3-14(10)17)18-16(20)15-7-13(9-24-15)25(21,22)19-12-4-5-23-8-12/h2-3,6-7,9,12,19H,4-5,8H2,1H3,(H,18,20). The van der Waals surface area contributed by atoms with E-state index in [-0.39, 0.29) is 21.6 Å². The van der Waals surface area contributed by atoms with Gasteiger partial charge in [0.05, 0.1) is 16.4 Å². The van der Waals surface area contributed by atoms with Crippen LogP contribution in [0.2, 0.25) is 0 Å². The zero-order chi connectivity index (χ0) is 18.0. The van der Waals surface area contributed by atoms with Crippen molar-refractivity contribution in [3.05, 3.63) is 45.9 Å². The number of thiophene rings is 1. The Morgan fingerprint density at radius 1 is 1.36 bits per heavy atom. The molecule has 1 aliphatic rings. The van der Waals surface area contributed by atoms with Crippen LogP contribution in [0.3, 0.4) is 0 Å². The SMILES string of the molecule is Cc1cc(NC(=O)c2cc(S(=O)(=O)NC3CCOC3)cs2)ccc1F. The van der Waals surface area contributed by atoms with E-state index in [1.54, 1.807) is 6.92 Å². The number of sulfonamides is 1. The number of ether oxygens (including phenoxy) is 1. The summed E-state index contributed by atoms with van der Waals surface area (Å²) in [6.45, 7) is 2.47. The van der Waals surface area contributed by atoms with Crippen LogP contribution < -0.4 is 10.0 Å². The molecule has 1 aromatic carbocycles. The number of halogens is 1. The molecular formula is C16H17FN2O4S2. The molecule has 1 aliphatic heterocycles. The third kappa shape index (κ3) is 4.24. The van der Waals surface area contributed by atoms with Crippen LogP contribution in [-0.4, -0.2) is 33.6 Å². The molecule has 2 aromatic rings. The molecule has 0 radical (unpaired) electrons. The highest BCUT2D eigenvalue weighted by molar-refractivity contribution is 7.89. The van der Waals surface area contributed by atoms with E-state index in [4.69, 9.17) is 4.74 Å². The summed E-state index contributed by atoms with van der Waals surface area (Å²) in [6, 6.07) is 5.31. The van der Waals surface area contributed by atoms with E-state index in [1.165, 1.54) is 29.6 Å². The van der Waals surface area contributed by atoms with Gasteiger partial charge in [-0.1, -0.05) is 0 Å². The first-order valence-corrected chi connectivity index (χ1v) is 9.97. The largest absolute Gasteiger partial charge is 0.380 e. The van der Waals surface area contributed by atoms with Crippen LogP contribution in [0.1, 0.15) is 21.7 Å². The Bertz CT molecular complexity index is 889. The molecule has 25 heavy (non-hydrogen) atoms. The molecule has 9 heteroatoms. The summed E-state index contributed by atoms with van der Waals surface area (Å²) in [6.07, 6.45) is 0.626. The Kier molecular flexibility index (Phi) is 5.19. The average Bonchev–Trinajstić information content (AvgIpc) is 3.22. The molecule has 2 heterocycles. The minimum absolute atomic E-state index is 0.0461. The monoisotopic (exact) mass is 384 g/mol. The van der Waals surface area contributed by atoms with E-state index >= 15 is 0 Å². The highest BCUT2D eigenvalue weighted by atomic mass is 32.2. The van der Waals surface area contributed by atoms with Crippen LogP contribution in [0.15, 0.2) is 34.5 Å². The predicted octanol–water partition coefficient (Wildman–Crippen LogP) is 2.52. The fraction of sp³-hybridized carbons (Fsp3) is 0.312. The zero-order valence-electron chi connectivity index (χ0n) is 13.4. The Balaban J connectivity index is 1.71. The molecule has 134 valence electrons. The lowest BCUT2D eigenvalue weighted by atomic mass is 10.2. The molecule has 3 rings (SSSR count). The summed E-state index contributed by atoms with van der Waals surface area (Å²) in [5, 5.41) is 4.05. The first-order chi connectivity index (χ1) is 11.8. The van der Waals surface area contributed by atoms with E-state index in [9.17, 15) is 17.6 Å². The van der Waals surface area contributed by atoms with Gasteiger partial charge in [-0.25, -0.2) is 17.5 Å². The number of aryl methyl sites for hydroxylation is 1. The van der Waals surface area contributed by atoms with E-state index in [2.05, 4.69) is 10.0 Å². The Morgan fingerprint density at radius 2 is 2.16 bits per heavy atom. The van der Waals surface area contributed by atoms with Crippen LogP contribution in [-0.2, 0) is 14.8 Å². The third-order valence-corrected chi connectivity index (χ3v) is 6.35. The van der Waals surface area contributed by atoms with Gasteiger partial charge < -0.3 is 10.1 Å². The number of amides is 1. The maximum absolute atomic E-state index is 13.3. The normalized spacial score (nSPS) is 17.6. The molecule has 1 saturated heterocycles. The number of benzene rings is 1. The van der Waals surface area contributed by atoms with Crippen molar-refractivity contribution in [2.75, 3.05) is 18.5 Å².